The fourth-order valence-corrected chi connectivity index (χ4v) is 2.76. The average Bonchev–Trinajstić information content (AvgIpc) is 2.82. The van der Waals surface area contributed by atoms with E-state index in [-0.39, 0.29) is 0 Å². The van der Waals surface area contributed by atoms with Gasteiger partial charge in [0.15, 0.2) is 0 Å². The predicted octanol–water partition coefficient (Wildman–Crippen LogP) is 3.21. The van der Waals surface area contributed by atoms with E-state index in [9.17, 15) is 5.11 Å². The van der Waals surface area contributed by atoms with Crippen molar-refractivity contribution in [2.45, 2.75) is 26.4 Å². The van der Waals surface area contributed by atoms with E-state index in [0.717, 1.165) is 28.6 Å². The molecule has 6 heteroatoms. The fourth-order valence-electron chi connectivity index (χ4n) is 1.71. The molecule has 2 aromatic rings. The maximum absolute atomic E-state index is 10.0. The van der Waals surface area contributed by atoms with Gasteiger partial charge in [-0.3, -0.25) is 0 Å². The van der Waals surface area contributed by atoms with Gasteiger partial charge < -0.3 is 10.4 Å². The topological polar surface area (TPSA) is 58.0 Å². The molecule has 102 valence electrons. The van der Waals surface area contributed by atoms with Gasteiger partial charge in [0, 0.05) is 23.2 Å². The number of aryl methyl sites for hydroxylation is 2. The molecule has 19 heavy (non-hydrogen) atoms. The minimum absolute atomic E-state index is 0.399. The Kier molecular flexibility index (Phi) is 4.74. The molecule has 0 aliphatic carbocycles. The summed E-state index contributed by atoms with van der Waals surface area (Å²) in [5.41, 5.74) is 0.989. The van der Waals surface area contributed by atoms with Crippen molar-refractivity contribution in [3.05, 3.63) is 38.9 Å². The summed E-state index contributed by atoms with van der Waals surface area (Å²) in [6, 6.07) is 5.53. The first kappa shape index (κ1) is 14.2. The molecule has 2 N–H and O–H groups in total. The Morgan fingerprint density at radius 3 is 2.84 bits per heavy atom. The van der Waals surface area contributed by atoms with Gasteiger partial charge in [-0.25, -0.2) is 9.97 Å². The Morgan fingerprint density at radius 1 is 1.42 bits per heavy atom. The Balaban J connectivity index is 2.00. The molecule has 0 aromatic carbocycles. The van der Waals surface area contributed by atoms with Gasteiger partial charge in [-0.05, 0) is 25.5 Å². The zero-order valence-corrected chi connectivity index (χ0v) is 12.4. The number of aliphatic hydroxyl groups excluding tert-OH is 1. The standard InChI is InChI=1S/C13H16ClN3OS/c1-3-9-6-13(17-8(2)16-9)15-7-10(18)11-4-5-12(14)19-11/h4-6,10,18H,3,7H2,1-2H3,(H,15,16,17). The van der Waals surface area contributed by atoms with Crippen molar-refractivity contribution in [2.75, 3.05) is 11.9 Å². The number of thiophene rings is 1. The van der Waals surface area contributed by atoms with Crippen LogP contribution in [-0.2, 0) is 6.42 Å². The zero-order chi connectivity index (χ0) is 13.8. The number of hydrogen-bond acceptors (Lipinski definition) is 5. The lowest BCUT2D eigenvalue weighted by atomic mass is 10.3. The molecule has 2 aromatic heterocycles. The smallest absolute Gasteiger partial charge is 0.130 e. The number of nitrogens with one attached hydrogen (secondary N) is 1. The lowest BCUT2D eigenvalue weighted by molar-refractivity contribution is 0.195. The minimum Gasteiger partial charge on any atom is -0.386 e. The van der Waals surface area contributed by atoms with E-state index < -0.39 is 6.10 Å². The third-order valence-electron chi connectivity index (χ3n) is 2.65. The van der Waals surface area contributed by atoms with Crippen molar-refractivity contribution in [1.82, 2.24) is 9.97 Å². The lowest BCUT2D eigenvalue weighted by Gasteiger charge is -2.11. The first-order chi connectivity index (χ1) is 9.08. The number of anilines is 1. The van der Waals surface area contributed by atoms with E-state index in [1.165, 1.54) is 11.3 Å². The molecular formula is C13H16ClN3OS. The summed E-state index contributed by atoms with van der Waals surface area (Å²) in [5.74, 6) is 1.47. The van der Waals surface area contributed by atoms with Gasteiger partial charge in [0.25, 0.3) is 0 Å². The summed E-state index contributed by atoms with van der Waals surface area (Å²) in [4.78, 5) is 9.45. The zero-order valence-electron chi connectivity index (χ0n) is 10.9. The highest BCUT2D eigenvalue weighted by Crippen LogP contribution is 2.26. The highest BCUT2D eigenvalue weighted by Gasteiger charge is 2.10. The highest BCUT2D eigenvalue weighted by atomic mass is 35.5. The maximum atomic E-state index is 10.0. The van der Waals surface area contributed by atoms with Crippen molar-refractivity contribution < 1.29 is 5.11 Å². The van der Waals surface area contributed by atoms with Crippen LogP contribution in [0.5, 0.6) is 0 Å². The fraction of sp³-hybridized carbons (Fsp3) is 0.385. The SMILES string of the molecule is CCc1cc(NCC(O)c2ccc(Cl)s2)nc(C)n1. The van der Waals surface area contributed by atoms with E-state index in [1.54, 1.807) is 6.07 Å². The molecular weight excluding hydrogens is 282 g/mol. The van der Waals surface area contributed by atoms with Crippen LogP contribution >= 0.6 is 22.9 Å². The first-order valence-electron chi connectivity index (χ1n) is 6.10. The molecule has 0 aliphatic heterocycles. The van der Waals surface area contributed by atoms with Crippen LogP contribution in [0, 0.1) is 6.92 Å². The van der Waals surface area contributed by atoms with Crippen molar-refractivity contribution in [3.63, 3.8) is 0 Å². The number of nitrogens with zero attached hydrogens (tertiary/aromatic N) is 2. The number of rotatable bonds is 5. The van der Waals surface area contributed by atoms with Crippen LogP contribution in [0.25, 0.3) is 0 Å². The molecule has 0 saturated carbocycles. The average molecular weight is 298 g/mol. The normalized spacial score (nSPS) is 12.4. The molecule has 2 rings (SSSR count). The quantitative estimate of drug-likeness (QED) is 0.890. The van der Waals surface area contributed by atoms with Crippen LogP contribution in [0.15, 0.2) is 18.2 Å². The monoisotopic (exact) mass is 297 g/mol. The Bertz CT molecular complexity index is 559. The second-order valence-electron chi connectivity index (χ2n) is 4.18. The molecule has 1 atom stereocenters. The van der Waals surface area contributed by atoms with Crippen LogP contribution < -0.4 is 5.32 Å². The summed E-state index contributed by atoms with van der Waals surface area (Å²) in [5, 5.41) is 13.2. The summed E-state index contributed by atoms with van der Waals surface area (Å²) >= 11 is 7.23. The van der Waals surface area contributed by atoms with E-state index in [4.69, 9.17) is 11.6 Å². The Labute approximate surface area is 121 Å². The summed E-state index contributed by atoms with van der Waals surface area (Å²) in [6.07, 6.45) is 0.277. The molecule has 0 bridgehead atoms. The third kappa shape index (κ3) is 3.89. The highest BCUT2D eigenvalue weighted by molar-refractivity contribution is 7.16. The second-order valence-corrected chi connectivity index (χ2v) is 5.93. The second kappa shape index (κ2) is 6.32. The summed E-state index contributed by atoms with van der Waals surface area (Å²) in [7, 11) is 0. The van der Waals surface area contributed by atoms with E-state index in [1.807, 2.05) is 26.0 Å². The molecule has 0 radical (unpaired) electrons. The molecule has 0 amide bonds. The van der Waals surface area contributed by atoms with Crippen LogP contribution in [-0.4, -0.2) is 21.6 Å². The van der Waals surface area contributed by atoms with Gasteiger partial charge in [0.1, 0.15) is 17.7 Å². The van der Waals surface area contributed by atoms with Gasteiger partial charge in [-0.15, -0.1) is 11.3 Å². The van der Waals surface area contributed by atoms with Gasteiger partial charge in [-0.2, -0.15) is 0 Å². The molecule has 2 heterocycles. The number of aliphatic hydroxyl groups is 1. The Hall–Kier alpha value is -1.17. The van der Waals surface area contributed by atoms with Crippen molar-refractivity contribution in [2.24, 2.45) is 0 Å². The molecule has 0 aliphatic rings. The van der Waals surface area contributed by atoms with Crippen molar-refractivity contribution in [3.8, 4) is 0 Å². The van der Waals surface area contributed by atoms with Crippen LogP contribution in [0.2, 0.25) is 4.34 Å². The first-order valence-corrected chi connectivity index (χ1v) is 7.29. The Morgan fingerprint density at radius 2 is 2.21 bits per heavy atom. The van der Waals surface area contributed by atoms with Crippen LogP contribution in [0.3, 0.4) is 0 Å². The number of halogens is 1. The minimum atomic E-state index is -0.585. The van der Waals surface area contributed by atoms with Crippen LogP contribution in [0.1, 0.15) is 29.4 Å². The number of hydrogen-bond donors (Lipinski definition) is 2. The molecule has 4 nitrogen and oxygen atoms in total. The molecule has 0 saturated heterocycles. The van der Waals surface area contributed by atoms with Crippen molar-refractivity contribution in [1.29, 1.82) is 0 Å². The molecule has 0 fully saturated rings. The van der Waals surface area contributed by atoms with Gasteiger partial charge in [0.2, 0.25) is 0 Å². The number of aromatic nitrogens is 2. The van der Waals surface area contributed by atoms with Crippen LogP contribution in [0.4, 0.5) is 5.82 Å². The maximum Gasteiger partial charge on any atom is 0.130 e. The van der Waals surface area contributed by atoms with E-state index >= 15 is 0 Å². The van der Waals surface area contributed by atoms with Gasteiger partial charge >= 0.3 is 0 Å². The van der Waals surface area contributed by atoms with E-state index in [2.05, 4.69) is 15.3 Å². The van der Waals surface area contributed by atoms with Crippen molar-refractivity contribution >= 4 is 28.8 Å². The molecule has 0 spiro atoms. The largest absolute Gasteiger partial charge is 0.386 e. The summed E-state index contributed by atoms with van der Waals surface area (Å²) < 4.78 is 0.681. The van der Waals surface area contributed by atoms with Gasteiger partial charge in [-0.1, -0.05) is 18.5 Å². The van der Waals surface area contributed by atoms with Gasteiger partial charge in [0.05, 0.1) is 4.34 Å². The lowest BCUT2D eigenvalue weighted by Crippen LogP contribution is -2.13. The molecule has 1 unspecified atom stereocenters. The predicted molar refractivity (Wildman–Crippen MR) is 78.9 cm³/mol. The van der Waals surface area contributed by atoms with E-state index in [0.29, 0.717) is 10.9 Å². The summed E-state index contributed by atoms with van der Waals surface area (Å²) in [6.45, 7) is 4.31. The third-order valence-corrected chi connectivity index (χ3v) is 3.98.